The fraction of sp³-hybridized carbons (Fsp3) is 0.903. The first-order valence-electron chi connectivity index (χ1n) is 16.2. The largest absolute Gasteiger partial charge is 0.460 e. The van der Waals surface area contributed by atoms with Gasteiger partial charge in [0.15, 0.2) is 0 Å². The molecule has 1 N–H and O–H groups in total. The van der Waals surface area contributed by atoms with Crippen LogP contribution in [0.25, 0.3) is 0 Å². The molecule has 0 fully saturated rings. The smallest absolute Gasteiger partial charge is 0.330 e. The van der Waals surface area contributed by atoms with E-state index < -0.39 is 5.97 Å². The first-order valence-corrected chi connectivity index (χ1v) is 16.2. The van der Waals surface area contributed by atoms with E-state index in [9.17, 15) is 4.79 Å². The zero-order valence-electron chi connectivity index (χ0n) is 28.2. The summed E-state index contributed by atoms with van der Waals surface area (Å²) in [5.41, 5.74) is 0. The lowest BCUT2D eigenvalue weighted by Gasteiger charge is -2.09. The molecule has 0 aliphatic heterocycles. The van der Waals surface area contributed by atoms with Crippen LogP contribution in [0.1, 0.15) is 0 Å². The van der Waals surface area contributed by atoms with E-state index in [1.54, 1.807) is 0 Å². The first kappa shape index (κ1) is 45.6. The van der Waals surface area contributed by atoms with Crippen LogP contribution in [-0.4, -0.2) is 196 Å². The lowest BCUT2D eigenvalue weighted by Crippen LogP contribution is -2.15. The Hall–Kier alpha value is -1.35. The minimum atomic E-state index is -0.462. The van der Waals surface area contributed by atoms with Crippen molar-refractivity contribution < 1.29 is 76.2 Å². The highest BCUT2D eigenvalue weighted by molar-refractivity contribution is 5.81. The monoisotopic (exact) mass is 688 g/mol. The van der Waals surface area contributed by atoms with Gasteiger partial charge in [-0.2, -0.15) is 0 Å². The molecule has 0 aliphatic rings. The SMILES string of the molecule is C=CC(=O)OCCOCCOCCOCCOCCOCCOCCOCCOCCOCCOCCOCCOCCOCCO. The molecule has 0 saturated carbocycles. The molecule has 0 spiro atoms. The van der Waals surface area contributed by atoms with Crippen molar-refractivity contribution in [1.82, 2.24) is 0 Å². The number of hydrogen-bond donors (Lipinski definition) is 1. The van der Waals surface area contributed by atoms with E-state index in [1.165, 1.54) is 0 Å². The zero-order chi connectivity index (χ0) is 34.0. The van der Waals surface area contributed by atoms with Gasteiger partial charge in [-0.25, -0.2) is 4.79 Å². The molecule has 0 aliphatic carbocycles. The van der Waals surface area contributed by atoms with Crippen LogP contribution in [0, 0.1) is 0 Å². The summed E-state index contributed by atoms with van der Waals surface area (Å²) in [5.74, 6) is -0.462. The average Bonchev–Trinajstić information content (AvgIpc) is 3.08. The van der Waals surface area contributed by atoms with E-state index in [-0.39, 0.29) is 13.2 Å². The highest BCUT2D eigenvalue weighted by Gasteiger charge is 1.98. The number of rotatable bonds is 42. The number of hydrogen-bond acceptors (Lipinski definition) is 16. The second kappa shape index (κ2) is 42.7. The second-order valence-electron chi connectivity index (χ2n) is 9.06. The molecule has 47 heavy (non-hydrogen) atoms. The normalized spacial score (nSPS) is 11.3. The Morgan fingerprint density at radius 1 is 0.340 bits per heavy atom. The molecule has 0 rings (SSSR count). The van der Waals surface area contributed by atoms with Crippen molar-refractivity contribution in [2.45, 2.75) is 0 Å². The van der Waals surface area contributed by atoms with Gasteiger partial charge in [-0.05, 0) is 0 Å². The van der Waals surface area contributed by atoms with E-state index in [0.29, 0.717) is 172 Å². The quantitative estimate of drug-likeness (QED) is 0.0514. The predicted molar refractivity (Wildman–Crippen MR) is 169 cm³/mol. The molecule has 0 aromatic heterocycles. The summed E-state index contributed by atoms with van der Waals surface area (Å²) in [4.78, 5) is 10.8. The van der Waals surface area contributed by atoms with Crippen molar-refractivity contribution in [3.63, 3.8) is 0 Å². The van der Waals surface area contributed by atoms with Gasteiger partial charge in [-0.1, -0.05) is 6.58 Å². The molecule has 0 amide bonds. The summed E-state index contributed by atoms with van der Waals surface area (Å²) in [7, 11) is 0. The molecule has 16 nitrogen and oxygen atoms in total. The van der Waals surface area contributed by atoms with Crippen molar-refractivity contribution in [3.8, 4) is 0 Å². The maximum absolute atomic E-state index is 10.8. The van der Waals surface area contributed by atoms with Crippen LogP contribution in [0.4, 0.5) is 0 Å². The fourth-order valence-corrected chi connectivity index (χ4v) is 3.07. The van der Waals surface area contributed by atoms with E-state index in [4.69, 9.17) is 71.4 Å². The molecule has 0 saturated heterocycles. The summed E-state index contributed by atoms with van der Waals surface area (Å²) >= 11 is 0. The lowest BCUT2D eigenvalue weighted by atomic mass is 10.6. The molecule has 280 valence electrons. The second-order valence-corrected chi connectivity index (χ2v) is 9.06. The molecule has 16 heteroatoms. The van der Waals surface area contributed by atoms with Crippen LogP contribution in [0.5, 0.6) is 0 Å². The number of aliphatic hydroxyl groups excluding tert-OH is 1. The minimum absolute atomic E-state index is 0.0208. The van der Waals surface area contributed by atoms with Gasteiger partial charge in [0.2, 0.25) is 0 Å². The van der Waals surface area contributed by atoms with E-state index in [0.717, 1.165) is 6.08 Å². The van der Waals surface area contributed by atoms with E-state index >= 15 is 0 Å². The Kier molecular flexibility index (Phi) is 41.4. The third-order valence-electron chi connectivity index (χ3n) is 5.34. The van der Waals surface area contributed by atoms with Crippen LogP contribution in [-0.2, 0) is 71.1 Å². The summed E-state index contributed by atoms with van der Waals surface area (Å²) < 4.78 is 74.8. The maximum Gasteiger partial charge on any atom is 0.330 e. The predicted octanol–water partition coefficient (Wildman–Crippen LogP) is -0.0763. The van der Waals surface area contributed by atoms with Gasteiger partial charge in [-0.15, -0.1) is 0 Å². The van der Waals surface area contributed by atoms with Gasteiger partial charge in [-0.3, -0.25) is 0 Å². The lowest BCUT2D eigenvalue weighted by molar-refractivity contribution is -0.139. The topological polar surface area (TPSA) is 167 Å². The molecule has 0 aromatic carbocycles. The van der Waals surface area contributed by atoms with Gasteiger partial charge in [0.05, 0.1) is 178 Å². The van der Waals surface area contributed by atoms with Gasteiger partial charge in [0, 0.05) is 6.08 Å². The number of carbonyl (C=O) groups excluding carboxylic acids is 1. The first-order chi connectivity index (χ1) is 23.3. The standard InChI is InChI=1S/C31H60O16/c1-2-31(33)47-30-29-46-28-27-45-26-25-44-24-23-43-22-21-42-20-19-41-18-17-40-16-15-39-14-13-38-12-11-37-10-9-36-8-7-35-6-5-34-4-3-32/h2,32H,1,3-30H2. The van der Waals surface area contributed by atoms with Crippen molar-refractivity contribution >= 4 is 5.97 Å². The Morgan fingerprint density at radius 2 is 0.511 bits per heavy atom. The van der Waals surface area contributed by atoms with Crippen molar-refractivity contribution in [3.05, 3.63) is 12.7 Å². The molecule has 0 atom stereocenters. The van der Waals surface area contributed by atoms with Crippen LogP contribution in [0.2, 0.25) is 0 Å². The molecular formula is C31H60O16. The van der Waals surface area contributed by atoms with Crippen LogP contribution >= 0.6 is 0 Å². The fourth-order valence-electron chi connectivity index (χ4n) is 3.07. The van der Waals surface area contributed by atoms with E-state index in [2.05, 4.69) is 6.58 Å². The van der Waals surface area contributed by atoms with Crippen LogP contribution in [0.3, 0.4) is 0 Å². The zero-order valence-corrected chi connectivity index (χ0v) is 28.2. The third-order valence-corrected chi connectivity index (χ3v) is 5.34. The Morgan fingerprint density at radius 3 is 0.681 bits per heavy atom. The van der Waals surface area contributed by atoms with Crippen molar-refractivity contribution in [2.75, 3.05) is 185 Å². The van der Waals surface area contributed by atoms with Gasteiger partial charge in [0.1, 0.15) is 6.61 Å². The summed E-state index contributed by atoms with van der Waals surface area (Å²) in [6.45, 7) is 15.8. The number of esters is 1. The van der Waals surface area contributed by atoms with Gasteiger partial charge in [0.25, 0.3) is 0 Å². The third kappa shape index (κ3) is 42.6. The highest BCUT2D eigenvalue weighted by atomic mass is 16.6. The summed E-state index contributed by atoms with van der Waals surface area (Å²) in [6, 6.07) is 0. The summed E-state index contributed by atoms with van der Waals surface area (Å²) in [5, 5.41) is 8.58. The molecule has 0 heterocycles. The Bertz CT molecular complexity index is 616. The molecular weight excluding hydrogens is 628 g/mol. The maximum atomic E-state index is 10.8. The van der Waals surface area contributed by atoms with Crippen LogP contribution < -0.4 is 0 Å². The number of aliphatic hydroxyl groups is 1. The minimum Gasteiger partial charge on any atom is -0.460 e. The van der Waals surface area contributed by atoms with Gasteiger partial charge < -0.3 is 71.4 Å². The molecule has 0 aromatic rings. The Labute approximate surface area is 280 Å². The molecule has 0 radical (unpaired) electrons. The molecule has 0 unspecified atom stereocenters. The van der Waals surface area contributed by atoms with Crippen LogP contribution in [0.15, 0.2) is 12.7 Å². The highest BCUT2D eigenvalue weighted by Crippen LogP contribution is 1.88. The number of ether oxygens (including phenoxy) is 14. The summed E-state index contributed by atoms with van der Waals surface area (Å²) in [6.07, 6.45) is 1.11. The molecule has 0 bridgehead atoms. The van der Waals surface area contributed by atoms with Crippen molar-refractivity contribution in [2.24, 2.45) is 0 Å². The average molecular weight is 689 g/mol. The van der Waals surface area contributed by atoms with Crippen molar-refractivity contribution in [1.29, 1.82) is 0 Å². The number of carbonyl (C=O) groups is 1. The van der Waals surface area contributed by atoms with E-state index in [1.807, 2.05) is 0 Å². The van der Waals surface area contributed by atoms with Gasteiger partial charge >= 0.3 is 5.97 Å². The Balaban J connectivity index is 3.05.